The van der Waals surface area contributed by atoms with E-state index >= 15 is 0 Å². The van der Waals surface area contributed by atoms with Crippen molar-refractivity contribution in [1.29, 1.82) is 0 Å². The van der Waals surface area contributed by atoms with E-state index in [2.05, 4.69) is 36.4 Å². The van der Waals surface area contributed by atoms with Crippen molar-refractivity contribution in [3.63, 3.8) is 0 Å². The summed E-state index contributed by atoms with van der Waals surface area (Å²) < 4.78 is 0. The van der Waals surface area contributed by atoms with Gasteiger partial charge in [-0.15, -0.1) is 12.1 Å². The van der Waals surface area contributed by atoms with Crippen molar-refractivity contribution in [2.75, 3.05) is 0 Å². The van der Waals surface area contributed by atoms with Crippen LogP contribution in [0.4, 0.5) is 0 Å². The fourth-order valence-corrected chi connectivity index (χ4v) is 2.51. The van der Waals surface area contributed by atoms with Gasteiger partial charge in [-0.1, -0.05) is 0 Å². The molecule has 0 saturated carbocycles. The molecule has 4 aromatic carbocycles. The molecule has 0 N–H and O–H groups in total. The van der Waals surface area contributed by atoms with E-state index in [1.165, 1.54) is 0 Å². The molecule has 0 aliphatic rings. The summed E-state index contributed by atoms with van der Waals surface area (Å²) in [5.74, 6) is 0. The van der Waals surface area contributed by atoms with Crippen molar-refractivity contribution in [2.24, 2.45) is 0 Å². The molecule has 0 bridgehead atoms. The average Bonchev–Trinajstić information content (AvgIpc) is 2.70. The van der Waals surface area contributed by atoms with E-state index in [0.717, 1.165) is 33.4 Å². The summed E-state index contributed by atoms with van der Waals surface area (Å²) in [4.78, 5) is 0. The molecular formula is C24H12Y3-6. The number of benzene rings is 4. The van der Waals surface area contributed by atoms with Gasteiger partial charge in [-0.3, -0.25) is 0 Å². The molecule has 0 aliphatic carbocycles. The zero-order valence-electron chi connectivity index (χ0n) is 14.7. The van der Waals surface area contributed by atoms with Crippen LogP contribution < -0.4 is 0 Å². The van der Waals surface area contributed by atoms with Crippen LogP contribution in [0.5, 0.6) is 0 Å². The van der Waals surface area contributed by atoms with Crippen molar-refractivity contribution in [3.8, 4) is 33.4 Å². The van der Waals surface area contributed by atoms with E-state index in [1.807, 2.05) is 72.8 Å². The third-order valence-corrected chi connectivity index (χ3v) is 3.78. The second kappa shape index (κ2) is 12.7. The Kier molecular flexibility index (Phi) is 11.9. The molecule has 3 radical (unpaired) electrons. The molecule has 0 heterocycles. The SMILES string of the molecule is [Y].[Y].[Y].[c-]1cc(-c2[c-]cccc2)[c-]cc1-c1[c-]cc(-c2[c-]cccc2)[c-]c1. The van der Waals surface area contributed by atoms with Gasteiger partial charge in [0.15, 0.2) is 0 Å². The van der Waals surface area contributed by atoms with Gasteiger partial charge in [0.1, 0.15) is 0 Å². The molecule has 0 fully saturated rings. The molecule has 0 aliphatic heterocycles. The van der Waals surface area contributed by atoms with Crippen LogP contribution >= 0.6 is 0 Å². The third kappa shape index (κ3) is 6.60. The first kappa shape index (κ1) is 25.2. The number of hydrogen-bond acceptors (Lipinski definition) is 0. The fraction of sp³-hybridized carbons (Fsp3) is 0. The number of hydrogen-bond donors (Lipinski definition) is 0. The second-order valence-electron chi connectivity index (χ2n) is 5.36. The van der Waals surface area contributed by atoms with Crippen LogP contribution in [0, 0.1) is 36.4 Å². The van der Waals surface area contributed by atoms with Gasteiger partial charge in [-0.2, -0.15) is 48.5 Å². The molecule has 0 spiro atoms. The largest absolute Gasteiger partial charge is 0.247 e. The summed E-state index contributed by atoms with van der Waals surface area (Å²) in [6, 6.07) is 43.1. The standard InChI is InChI=1S/C24H12.3Y/c1-3-7-19(8-4-1)21-11-15-23(16-12-21)24-17-13-22(14-18-24)20-9-5-2-6-10-20;;;/h1-7,9,11,13,16,18H;;;/q-6;;;. The van der Waals surface area contributed by atoms with Gasteiger partial charge in [0.05, 0.1) is 0 Å². The molecule has 0 atom stereocenters. The van der Waals surface area contributed by atoms with Crippen LogP contribution in [0.2, 0.25) is 0 Å². The average molecular weight is 567 g/mol. The molecule has 123 valence electrons. The monoisotopic (exact) mass is 567 g/mol. The maximum Gasteiger partial charge on any atom is 0 e. The Morgan fingerprint density at radius 2 is 0.704 bits per heavy atom. The summed E-state index contributed by atoms with van der Waals surface area (Å²) in [5, 5.41) is 0. The first-order valence-corrected chi connectivity index (χ1v) is 7.71. The zero-order valence-corrected chi connectivity index (χ0v) is 23.2. The molecular weight excluding hydrogens is 555 g/mol. The van der Waals surface area contributed by atoms with Gasteiger partial charge in [0.2, 0.25) is 0 Å². The summed E-state index contributed by atoms with van der Waals surface area (Å²) in [7, 11) is 0. The Labute approximate surface area is 237 Å². The van der Waals surface area contributed by atoms with Crippen LogP contribution in [0.15, 0.2) is 72.8 Å². The van der Waals surface area contributed by atoms with Gasteiger partial charge in [0, 0.05) is 98.1 Å². The van der Waals surface area contributed by atoms with Gasteiger partial charge < -0.3 is 0 Å². The van der Waals surface area contributed by atoms with Gasteiger partial charge in [0.25, 0.3) is 0 Å². The fourth-order valence-electron chi connectivity index (χ4n) is 2.51. The molecule has 0 amide bonds. The Hall–Kier alpha value is 0.192. The van der Waals surface area contributed by atoms with Crippen molar-refractivity contribution in [3.05, 3.63) is 109 Å². The smallest absolute Gasteiger partial charge is 0 e. The Bertz CT molecular complexity index is 836. The molecule has 3 heteroatoms. The molecule has 0 saturated heterocycles. The van der Waals surface area contributed by atoms with E-state index in [4.69, 9.17) is 0 Å². The van der Waals surface area contributed by atoms with E-state index in [9.17, 15) is 0 Å². The normalized spacial score (nSPS) is 9.33. The predicted molar refractivity (Wildman–Crippen MR) is 95.8 cm³/mol. The van der Waals surface area contributed by atoms with Crippen molar-refractivity contribution < 1.29 is 98.1 Å². The van der Waals surface area contributed by atoms with Gasteiger partial charge in [-0.05, 0) is 0 Å². The van der Waals surface area contributed by atoms with Crippen LogP contribution in [0.1, 0.15) is 0 Å². The summed E-state index contributed by atoms with van der Waals surface area (Å²) in [5.41, 5.74) is 5.92. The molecule has 0 unspecified atom stereocenters. The van der Waals surface area contributed by atoms with E-state index in [1.54, 1.807) is 0 Å². The topological polar surface area (TPSA) is 0 Å². The Balaban J connectivity index is 0.00000121. The van der Waals surface area contributed by atoms with Crippen molar-refractivity contribution >= 4 is 0 Å². The molecule has 0 aromatic heterocycles. The van der Waals surface area contributed by atoms with Crippen LogP contribution in [-0.4, -0.2) is 0 Å². The molecule has 4 rings (SSSR count). The minimum Gasteiger partial charge on any atom is -0.247 e. The minimum absolute atomic E-state index is 0. The van der Waals surface area contributed by atoms with Gasteiger partial charge in [-0.25, -0.2) is 81.9 Å². The maximum atomic E-state index is 3.30. The Morgan fingerprint density at radius 1 is 0.370 bits per heavy atom. The van der Waals surface area contributed by atoms with Crippen LogP contribution in [0.25, 0.3) is 33.4 Å². The summed E-state index contributed by atoms with van der Waals surface area (Å²) in [6.45, 7) is 0. The van der Waals surface area contributed by atoms with Crippen molar-refractivity contribution in [2.45, 2.75) is 0 Å². The maximum absolute atomic E-state index is 3.30. The zero-order chi connectivity index (χ0) is 16.2. The number of rotatable bonds is 3. The van der Waals surface area contributed by atoms with E-state index in [0.29, 0.717) is 0 Å². The quantitative estimate of drug-likeness (QED) is 0.288. The van der Waals surface area contributed by atoms with Crippen LogP contribution in [-0.2, 0) is 98.1 Å². The molecule has 4 aromatic rings. The van der Waals surface area contributed by atoms with E-state index < -0.39 is 0 Å². The summed E-state index contributed by atoms with van der Waals surface area (Å²) in [6.07, 6.45) is 0. The van der Waals surface area contributed by atoms with Crippen LogP contribution in [0.3, 0.4) is 0 Å². The van der Waals surface area contributed by atoms with Gasteiger partial charge >= 0.3 is 0 Å². The van der Waals surface area contributed by atoms with E-state index in [-0.39, 0.29) is 98.1 Å². The van der Waals surface area contributed by atoms with Crippen molar-refractivity contribution in [1.82, 2.24) is 0 Å². The first-order valence-electron chi connectivity index (χ1n) is 7.71. The predicted octanol–water partition coefficient (Wildman–Crippen LogP) is 5.48. The molecule has 0 nitrogen and oxygen atoms in total. The third-order valence-electron chi connectivity index (χ3n) is 3.78. The first-order chi connectivity index (χ1) is 11.9. The summed E-state index contributed by atoms with van der Waals surface area (Å²) >= 11 is 0. The minimum atomic E-state index is 0. The Morgan fingerprint density at radius 3 is 0.963 bits per heavy atom. The second-order valence-corrected chi connectivity index (χ2v) is 5.36. The molecule has 27 heavy (non-hydrogen) atoms.